The van der Waals surface area contributed by atoms with Crippen LogP contribution in [0.2, 0.25) is 30.2 Å². The molecule has 0 spiro atoms. The summed E-state index contributed by atoms with van der Waals surface area (Å²) in [6.45, 7) is 9.64. The van der Waals surface area contributed by atoms with Crippen LogP contribution in [0.15, 0.2) is 4.99 Å². The second-order valence-corrected chi connectivity index (χ2v) is 12.6. The first-order valence-electron chi connectivity index (χ1n) is 6.89. The van der Waals surface area contributed by atoms with Crippen molar-refractivity contribution in [2.24, 2.45) is 4.99 Å². The third-order valence-electron chi connectivity index (χ3n) is 3.58. The Labute approximate surface area is 109 Å². The monoisotopic (exact) mass is 273 g/mol. The molecule has 17 heavy (non-hydrogen) atoms. The van der Waals surface area contributed by atoms with Gasteiger partial charge in [-0.15, -0.1) is 0 Å². The van der Waals surface area contributed by atoms with E-state index in [-0.39, 0.29) is 0 Å². The predicted molar refractivity (Wildman–Crippen MR) is 78.3 cm³/mol. The molecule has 0 saturated carbocycles. The number of nitrogens with zero attached hydrogens (tertiary/aromatic N) is 1. The van der Waals surface area contributed by atoms with Gasteiger partial charge in [-0.25, -0.2) is 9.79 Å². The second-order valence-electron chi connectivity index (χ2n) is 4.52. The Balaban J connectivity index is 4.37. The lowest BCUT2D eigenvalue weighted by Gasteiger charge is -2.33. The van der Waals surface area contributed by atoms with Crippen LogP contribution < -0.4 is 0 Å². The minimum Gasteiger partial charge on any atom is -0.457 e. The van der Waals surface area contributed by atoms with E-state index >= 15 is 0 Å². The average molecular weight is 274 g/mol. The van der Waals surface area contributed by atoms with E-state index in [1.807, 2.05) is 0 Å². The van der Waals surface area contributed by atoms with Crippen molar-refractivity contribution in [3.63, 3.8) is 0 Å². The van der Waals surface area contributed by atoms with Crippen molar-refractivity contribution in [1.29, 1.82) is 0 Å². The van der Waals surface area contributed by atoms with Gasteiger partial charge in [-0.3, -0.25) is 0 Å². The molecule has 0 heterocycles. The molecule has 0 saturated heterocycles. The van der Waals surface area contributed by atoms with E-state index in [0.29, 0.717) is 6.54 Å². The van der Waals surface area contributed by atoms with Crippen LogP contribution in [0.4, 0.5) is 0 Å². The van der Waals surface area contributed by atoms with Gasteiger partial charge in [0.1, 0.15) is 0 Å². The van der Waals surface area contributed by atoms with Gasteiger partial charge in [-0.2, -0.15) is 0 Å². The molecule has 0 radical (unpaired) electrons. The van der Waals surface area contributed by atoms with Crippen LogP contribution in [-0.2, 0) is 8.91 Å². The summed E-state index contributed by atoms with van der Waals surface area (Å²) in [5, 5.41) is 0. The number of hydrogen-bond acceptors (Lipinski definition) is 3. The molecule has 0 aliphatic carbocycles. The summed E-state index contributed by atoms with van der Waals surface area (Å²) in [6, 6.07) is 6.00. The number of hydrogen-bond donors (Lipinski definition) is 0. The minimum absolute atomic E-state index is 0.617. The van der Waals surface area contributed by atoms with Crippen molar-refractivity contribution in [2.75, 3.05) is 6.54 Å². The smallest absolute Gasteiger partial charge is 0.234 e. The van der Waals surface area contributed by atoms with Gasteiger partial charge in [0.25, 0.3) is 0 Å². The van der Waals surface area contributed by atoms with Gasteiger partial charge in [-0.05, 0) is 36.6 Å². The zero-order chi connectivity index (χ0) is 13.1. The van der Waals surface area contributed by atoms with Crippen LogP contribution in [0.1, 0.15) is 34.1 Å². The zero-order valence-electron chi connectivity index (χ0n) is 11.8. The van der Waals surface area contributed by atoms with Crippen LogP contribution in [0.5, 0.6) is 0 Å². The highest BCUT2D eigenvalue weighted by atomic mass is 28.4. The highest BCUT2D eigenvalue weighted by molar-refractivity contribution is 6.80. The van der Waals surface area contributed by atoms with Crippen molar-refractivity contribution in [3.05, 3.63) is 0 Å². The Hall–Kier alpha value is -0.226. The summed E-state index contributed by atoms with van der Waals surface area (Å²) in [4.78, 5) is 13.7. The van der Waals surface area contributed by atoms with Gasteiger partial charge in [0.05, 0.1) is 6.54 Å². The molecule has 0 aliphatic heterocycles. The molecular formula is C12H27NO2Si2. The minimum atomic E-state index is -1.53. The van der Waals surface area contributed by atoms with Gasteiger partial charge in [0.2, 0.25) is 6.08 Å². The van der Waals surface area contributed by atoms with Gasteiger partial charge in [0, 0.05) is 0 Å². The molecule has 100 valence electrons. The Bertz CT molecular complexity index is 235. The van der Waals surface area contributed by atoms with Crippen molar-refractivity contribution in [3.8, 4) is 0 Å². The van der Waals surface area contributed by atoms with Gasteiger partial charge < -0.3 is 4.12 Å². The Kier molecular flexibility index (Phi) is 9.64. The number of isocyanates is 1. The summed E-state index contributed by atoms with van der Waals surface area (Å²) in [5.41, 5.74) is 0. The first kappa shape index (κ1) is 16.8. The number of rotatable bonds is 10. The van der Waals surface area contributed by atoms with Gasteiger partial charge in [0.15, 0.2) is 17.4 Å². The van der Waals surface area contributed by atoms with Crippen molar-refractivity contribution in [1.82, 2.24) is 0 Å². The Morgan fingerprint density at radius 3 is 2.18 bits per heavy atom. The molecule has 0 N–H and O–H groups in total. The molecule has 0 bridgehead atoms. The normalized spacial score (nSPS) is 11.6. The zero-order valence-corrected chi connectivity index (χ0v) is 13.9. The maximum absolute atomic E-state index is 10.0. The maximum Gasteiger partial charge on any atom is 0.234 e. The summed E-state index contributed by atoms with van der Waals surface area (Å²) >= 11 is 0. The fourth-order valence-corrected chi connectivity index (χ4v) is 10.7. The Morgan fingerprint density at radius 2 is 1.76 bits per heavy atom. The van der Waals surface area contributed by atoms with Crippen molar-refractivity contribution < 1.29 is 8.91 Å². The van der Waals surface area contributed by atoms with Crippen LogP contribution in [-0.4, -0.2) is 30.0 Å². The quantitative estimate of drug-likeness (QED) is 0.264. The summed E-state index contributed by atoms with van der Waals surface area (Å²) < 4.78 is 6.55. The lowest BCUT2D eigenvalue weighted by molar-refractivity contribution is 0.533. The maximum atomic E-state index is 10.0. The average Bonchev–Trinajstić information content (AvgIpc) is 2.39. The predicted octanol–water partition coefficient (Wildman–Crippen LogP) is 3.48. The van der Waals surface area contributed by atoms with E-state index in [2.05, 4.69) is 32.7 Å². The largest absolute Gasteiger partial charge is 0.457 e. The third-order valence-corrected chi connectivity index (χ3v) is 12.6. The number of carbonyl (C=O) groups excluding carboxylic acids is 1. The fraction of sp³-hybridized carbons (Fsp3) is 0.917. The lowest BCUT2D eigenvalue weighted by Crippen LogP contribution is -2.42. The molecule has 0 atom stereocenters. The van der Waals surface area contributed by atoms with E-state index < -0.39 is 17.4 Å². The molecule has 0 aliphatic rings. The van der Waals surface area contributed by atoms with Crippen molar-refractivity contribution >= 4 is 23.4 Å². The van der Waals surface area contributed by atoms with Crippen LogP contribution >= 0.6 is 0 Å². The molecule has 0 unspecified atom stereocenters. The highest BCUT2D eigenvalue weighted by Crippen LogP contribution is 2.26. The summed E-state index contributed by atoms with van der Waals surface area (Å²) in [7, 11) is -2.48. The topological polar surface area (TPSA) is 38.7 Å². The molecule has 0 aromatic carbocycles. The molecule has 0 fully saturated rings. The highest BCUT2D eigenvalue weighted by Gasteiger charge is 2.32. The molecule has 0 amide bonds. The van der Waals surface area contributed by atoms with Crippen LogP contribution in [0, 0.1) is 0 Å². The van der Waals surface area contributed by atoms with Crippen LogP contribution in [0.3, 0.4) is 0 Å². The summed E-state index contributed by atoms with van der Waals surface area (Å²) in [6.07, 6.45) is 2.60. The van der Waals surface area contributed by atoms with E-state index in [0.717, 1.165) is 12.5 Å². The first-order chi connectivity index (χ1) is 8.17. The molecule has 3 nitrogen and oxygen atoms in total. The standard InChI is InChI=1S/C12H27NO2Si2/c1-5-16(6-2)15-17(7-3,8-4)11-9-10-13-12-14/h16H,5-11H2,1-4H3. The second kappa shape index (κ2) is 9.77. The summed E-state index contributed by atoms with van der Waals surface area (Å²) in [5.74, 6) is 0. The molecule has 0 rings (SSSR count). The van der Waals surface area contributed by atoms with Crippen LogP contribution in [0.25, 0.3) is 0 Å². The third kappa shape index (κ3) is 6.31. The molecule has 5 heteroatoms. The van der Waals surface area contributed by atoms with Gasteiger partial charge in [-0.1, -0.05) is 27.7 Å². The SMILES string of the molecule is CC[SiH](CC)O[Si](CC)(CC)CCCN=C=O. The molecular weight excluding hydrogens is 246 g/mol. The van der Waals surface area contributed by atoms with E-state index in [1.165, 1.54) is 24.2 Å². The van der Waals surface area contributed by atoms with E-state index in [1.54, 1.807) is 6.08 Å². The molecule has 0 aromatic heterocycles. The molecule has 0 aromatic rings. The Morgan fingerprint density at radius 1 is 1.18 bits per heavy atom. The fourth-order valence-electron chi connectivity index (χ4n) is 2.16. The lowest BCUT2D eigenvalue weighted by atomic mass is 10.5. The van der Waals surface area contributed by atoms with E-state index in [9.17, 15) is 4.79 Å². The van der Waals surface area contributed by atoms with Gasteiger partial charge >= 0.3 is 0 Å². The van der Waals surface area contributed by atoms with E-state index in [4.69, 9.17) is 4.12 Å². The first-order valence-corrected chi connectivity index (χ1v) is 11.5. The van der Waals surface area contributed by atoms with Crippen molar-refractivity contribution in [2.45, 2.75) is 64.3 Å². The number of aliphatic imine (C=N–C) groups is 1.